The molecule has 1 aliphatic heterocycles. The van der Waals surface area contributed by atoms with Gasteiger partial charge in [0.05, 0.1) is 6.61 Å². The van der Waals surface area contributed by atoms with Gasteiger partial charge in [-0.1, -0.05) is 0 Å². The van der Waals surface area contributed by atoms with Crippen molar-refractivity contribution in [2.24, 2.45) is 5.73 Å². The molecule has 0 aromatic rings. The van der Waals surface area contributed by atoms with Gasteiger partial charge in [0.25, 0.3) is 0 Å². The molecule has 1 fully saturated rings. The largest absolute Gasteiger partial charge is 0.479 e. The lowest BCUT2D eigenvalue weighted by Gasteiger charge is -2.13. The molecule has 0 aromatic heterocycles. The standard InChI is InChI=1S/C9H15NO3/c1-4-12-7(10)6-5-9(2,3)13-8(6)11/h4-5,10H2,1-3H3/b7-6-. The molecule has 0 unspecified atom stereocenters. The number of rotatable bonds is 2. The van der Waals surface area contributed by atoms with Gasteiger partial charge in [0, 0.05) is 6.42 Å². The summed E-state index contributed by atoms with van der Waals surface area (Å²) < 4.78 is 10.1. The topological polar surface area (TPSA) is 61.6 Å². The molecule has 0 atom stereocenters. The second-order valence-electron chi connectivity index (χ2n) is 3.60. The van der Waals surface area contributed by atoms with Crippen molar-refractivity contribution in [2.75, 3.05) is 6.61 Å². The van der Waals surface area contributed by atoms with Gasteiger partial charge in [-0.15, -0.1) is 0 Å². The number of hydrogen-bond acceptors (Lipinski definition) is 4. The number of carbonyl (C=O) groups is 1. The summed E-state index contributed by atoms with van der Waals surface area (Å²) in [4.78, 5) is 11.3. The lowest BCUT2D eigenvalue weighted by Crippen LogP contribution is -2.17. The van der Waals surface area contributed by atoms with Crippen LogP contribution in [0.3, 0.4) is 0 Å². The van der Waals surface area contributed by atoms with Crippen LogP contribution in [0.15, 0.2) is 11.5 Å². The number of cyclic esters (lactones) is 1. The van der Waals surface area contributed by atoms with Gasteiger partial charge in [0.15, 0.2) is 5.88 Å². The highest BCUT2D eigenvalue weighted by molar-refractivity contribution is 5.91. The highest BCUT2D eigenvalue weighted by Crippen LogP contribution is 2.30. The molecule has 4 nitrogen and oxygen atoms in total. The van der Waals surface area contributed by atoms with E-state index in [0.29, 0.717) is 18.6 Å². The molecule has 0 bridgehead atoms. The van der Waals surface area contributed by atoms with E-state index in [4.69, 9.17) is 15.2 Å². The van der Waals surface area contributed by atoms with Crippen LogP contribution < -0.4 is 5.73 Å². The third-order valence-corrected chi connectivity index (χ3v) is 1.82. The maximum Gasteiger partial charge on any atom is 0.340 e. The number of ether oxygens (including phenoxy) is 2. The van der Waals surface area contributed by atoms with Crippen LogP contribution in [0.25, 0.3) is 0 Å². The normalized spacial score (nSPS) is 24.1. The molecule has 13 heavy (non-hydrogen) atoms. The van der Waals surface area contributed by atoms with Gasteiger partial charge >= 0.3 is 5.97 Å². The average molecular weight is 185 g/mol. The van der Waals surface area contributed by atoms with Gasteiger partial charge in [0.1, 0.15) is 11.2 Å². The third-order valence-electron chi connectivity index (χ3n) is 1.82. The van der Waals surface area contributed by atoms with Crippen molar-refractivity contribution in [3.63, 3.8) is 0 Å². The Bertz CT molecular complexity index is 256. The van der Waals surface area contributed by atoms with E-state index in [1.807, 2.05) is 20.8 Å². The Morgan fingerprint density at radius 3 is 2.69 bits per heavy atom. The fourth-order valence-corrected chi connectivity index (χ4v) is 1.28. The Morgan fingerprint density at radius 2 is 2.31 bits per heavy atom. The van der Waals surface area contributed by atoms with E-state index < -0.39 is 5.60 Å². The average Bonchev–Trinajstić information content (AvgIpc) is 2.25. The van der Waals surface area contributed by atoms with Gasteiger partial charge in [-0.05, 0) is 20.8 Å². The molecule has 1 rings (SSSR count). The first kappa shape index (κ1) is 9.89. The Labute approximate surface area is 77.7 Å². The lowest BCUT2D eigenvalue weighted by molar-refractivity contribution is -0.143. The van der Waals surface area contributed by atoms with Gasteiger partial charge in [-0.25, -0.2) is 4.79 Å². The van der Waals surface area contributed by atoms with Crippen molar-refractivity contribution in [1.82, 2.24) is 0 Å². The highest BCUT2D eigenvalue weighted by atomic mass is 16.6. The van der Waals surface area contributed by atoms with Crippen LogP contribution in [0.1, 0.15) is 27.2 Å². The predicted octanol–water partition coefficient (Wildman–Crippen LogP) is 0.919. The fourth-order valence-electron chi connectivity index (χ4n) is 1.28. The minimum atomic E-state index is -0.450. The van der Waals surface area contributed by atoms with Crippen molar-refractivity contribution in [2.45, 2.75) is 32.8 Å². The smallest absolute Gasteiger partial charge is 0.340 e. The summed E-state index contributed by atoms with van der Waals surface area (Å²) in [7, 11) is 0. The number of esters is 1. The number of carbonyl (C=O) groups excluding carboxylic acids is 1. The molecule has 2 N–H and O–H groups in total. The summed E-state index contributed by atoms with van der Waals surface area (Å²) in [5, 5.41) is 0. The van der Waals surface area contributed by atoms with Crippen molar-refractivity contribution in [1.29, 1.82) is 0 Å². The van der Waals surface area contributed by atoms with Crippen molar-refractivity contribution >= 4 is 5.97 Å². The summed E-state index contributed by atoms with van der Waals surface area (Å²) >= 11 is 0. The molecule has 0 spiro atoms. The highest BCUT2D eigenvalue weighted by Gasteiger charge is 2.37. The van der Waals surface area contributed by atoms with Gasteiger partial charge in [0.2, 0.25) is 0 Å². The van der Waals surface area contributed by atoms with Crippen LogP contribution in [0.4, 0.5) is 0 Å². The summed E-state index contributed by atoms with van der Waals surface area (Å²) in [6.45, 7) is 5.97. The summed E-state index contributed by atoms with van der Waals surface area (Å²) in [5.74, 6) is -0.172. The molecular weight excluding hydrogens is 170 g/mol. The van der Waals surface area contributed by atoms with Crippen molar-refractivity contribution < 1.29 is 14.3 Å². The van der Waals surface area contributed by atoms with E-state index in [1.54, 1.807) is 0 Å². The fraction of sp³-hybridized carbons (Fsp3) is 0.667. The molecule has 1 aliphatic rings. The maximum absolute atomic E-state index is 11.3. The predicted molar refractivity (Wildman–Crippen MR) is 47.6 cm³/mol. The number of hydrogen-bond donors (Lipinski definition) is 1. The van der Waals surface area contributed by atoms with Gasteiger partial charge in [-0.3, -0.25) is 0 Å². The minimum absolute atomic E-state index is 0.193. The zero-order chi connectivity index (χ0) is 10.1. The zero-order valence-electron chi connectivity index (χ0n) is 8.22. The Kier molecular flexibility index (Phi) is 2.50. The Morgan fingerprint density at radius 1 is 1.69 bits per heavy atom. The van der Waals surface area contributed by atoms with Crippen LogP contribution in [0, 0.1) is 0 Å². The van der Waals surface area contributed by atoms with E-state index in [1.165, 1.54) is 0 Å². The van der Waals surface area contributed by atoms with Gasteiger partial charge in [-0.2, -0.15) is 0 Å². The van der Waals surface area contributed by atoms with Crippen molar-refractivity contribution in [3.8, 4) is 0 Å². The molecule has 1 saturated heterocycles. The summed E-state index contributed by atoms with van der Waals surface area (Å²) in [6.07, 6.45) is 0.512. The summed E-state index contributed by atoms with van der Waals surface area (Å²) in [5.41, 5.74) is 5.56. The quantitative estimate of drug-likeness (QED) is 0.395. The Hall–Kier alpha value is -1.19. The lowest BCUT2D eigenvalue weighted by atomic mass is 10.0. The molecular formula is C9H15NO3. The van der Waals surface area contributed by atoms with E-state index in [-0.39, 0.29) is 11.9 Å². The van der Waals surface area contributed by atoms with Gasteiger partial charge < -0.3 is 15.2 Å². The van der Waals surface area contributed by atoms with E-state index in [0.717, 1.165) is 0 Å². The molecule has 0 amide bonds. The number of nitrogens with two attached hydrogens (primary N) is 1. The Balaban J connectivity index is 2.83. The van der Waals surface area contributed by atoms with Crippen LogP contribution in [-0.4, -0.2) is 18.2 Å². The van der Waals surface area contributed by atoms with E-state index in [2.05, 4.69) is 0 Å². The monoisotopic (exact) mass is 185 g/mol. The first-order valence-electron chi connectivity index (χ1n) is 4.31. The maximum atomic E-state index is 11.3. The second kappa shape index (κ2) is 3.28. The van der Waals surface area contributed by atoms with E-state index >= 15 is 0 Å². The molecule has 0 saturated carbocycles. The first-order chi connectivity index (χ1) is 5.96. The van der Waals surface area contributed by atoms with Crippen LogP contribution in [0.5, 0.6) is 0 Å². The van der Waals surface area contributed by atoms with Crippen molar-refractivity contribution in [3.05, 3.63) is 11.5 Å². The molecule has 0 aliphatic carbocycles. The molecule has 0 radical (unpaired) electrons. The van der Waals surface area contributed by atoms with E-state index in [9.17, 15) is 4.79 Å². The summed E-state index contributed by atoms with van der Waals surface area (Å²) in [6, 6.07) is 0. The molecule has 1 heterocycles. The molecule has 74 valence electrons. The minimum Gasteiger partial charge on any atom is -0.479 e. The van der Waals surface area contributed by atoms with Crippen LogP contribution in [0.2, 0.25) is 0 Å². The molecule has 0 aromatic carbocycles. The first-order valence-corrected chi connectivity index (χ1v) is 4.31. The zero-order valence-corrected chi connectivity index (χ0v) is 8.22. The van der Waals surface area contributed by atoms with Crippen LogP contribution in [-0.2, 0) is 14.3 Å². The van der Waals surface area contributed by atoms with Crippen LogP contribution >= 0.6 is 0 Å². The SMILES string of the molecule is CCO/C(N)=C1/CC(C)(C)OC1=O. The third kappa shape index (κ3) is 2.14. The second-order valence-corrected chi connectivity index (χ2v) is 3.60. The molecule has 4 heteroatoms.